The smallest absolute Gasteiger partial charge is 0.198 e. The molecule has 2 aromatic heterocycles. The Bertz CT molecular complexity index is 502. The molecule has 0 aliphatic heterocycles. The monoisotopic (exact) mass is 238 g/mol. The molecular weight excluding hydrogens is 228 g/mol. The second-order valence-corrected chi connectivity index (χ2v) is 3.85. The minimum Gasteiger partial charge on any atom is -0.442 e. The molecule has 16 heavy (non-hydrogen) atoms. The lowest BCUT2D eigenvalue weighted by atomic mass is 10.2. The number of halogens is 1. The van der Waals surface area contributed by atoms with Gasteiger partial charge in [-0.3, -0.25) is 4.79 Å². The molecule has 0 N–H and O–H groups in total. The Morgan fingerprint density at radius 1 is 1.56 bits per heavy atom. The van der Waals surface area contributed by atoms with Gasteiger partial charge in [0, 0.05) is 32.3 Å². The summed E-state index contributed by atoms with van der Waals surface area (Å²) in [7, 11) is 1.90. The fourth-order valence-electron chi connectivity index (χ4n) is 1.45. The van der Waals surface area contributed by atoms with Gasteiger partial charge >= 0.3 is 0 Å². The number of carbonyl (C=O) groups excluding carboxylic acids is 1. The summed E-state index contributed by atoms with van der Waals surface area (Å²) in [6.45, 7) is 0. The molecule has 0 spiro atoms. The third-order valence-corrected chi connectivity index (χ3v) is 2.55. The Labute approximate surface area is 97.8 Å². The zero-order valence-electron chi connectivity index (χ0n) is 8.81. The highest BCUT2D eigenvalue weighted by Crippen LogP contribution is 2.15. The van der Waals surface area contributed by atoms with Crippen molar-refractivity contribution in [3.8, 4) is 0 Å². The molecule has 4 nitrogen and oxygen atoms in total. The maximum atomic E-state index is 11.7. The van der Waals surface area contributed by atoms with Crippen molar-refractivity contribution in [2.45, 2.75) is 12.8 Å². The molecule has 0 saturated heterocycles. The number of Topliss-reactive ketones (excluding diaryl/α,β-unsaturated/α-hetero) is 1. The van der Waals surface area contributed by atoms with Gasteiger partial charge in [-0.05, 0) is 23.7 Å². The van der Waals surface area contributed by atoms with Crippen molar-refractivity contribution in [2.24, 2.45) is 7.05 Å². The molecule has 0 amide bonds. The number of furan rings is 1. The van der Waals surface area contributed by atoms with Gasteiger partial charge < -0.3 is 8.98 Å². The SMILES string of the molecule is Cn1ccnc1CCC(=O)c1ccc(Cl)o1. The number of hydrogen-bond acceptors (Lipinski definition) is 3. The van der Waals surface area contributed by atoms with E-state index < -0.39 is 0 Å². The normalized spacial score (nSPS) is 10.6. The summed E-state index contributed by atoms with van der Waals surface area (Å²) >= 11 is 5.59. The van der Waals surface area contributed by atoms with E-state index in [1.165, 1.54) is 0 Å². The molecule has 0 aromatic carbocycles. The van der Waals surface area contributed by atoms with Crippen molar-refractivity contribution in [3.63, 3.8) is 0 Å². The predicted molar refractivity (Wildman–Crippen MR) is 59.6 cm³/mol. The summed E-state index contributed by atoms with van der Waals surface area (Å²) < 4.78 is 6.93. The topological polar surface area (TPSA) is 48.0 Å². The van der Waals surface area contributed by atoms with Crippen LogP contribution in [0, 0.1) is 0 Å². The van der Waals surface area contributed by atoms with Crippen LogP contribution in [0.1, 0.15) is 22.8 Å². The number of imidazole rings is 1. The first-order valence-corrected chi connectivity index (χ1v) is 5.29. The molecule has 0 bridgehead atoms. The lowest BCUT2D eigenvalue weighted by Gasteiger charge is -1.99. The van der Waals surface area contributed by atoms with E-state index in [0.29, 0.717) is 18.6 Å². The quantitative estimate of drug-likeness (QED) is 0.769. The van der Waals surface area contributed by atoms with Gasteiger partial charge in [-0.25, -0.2) is 4.98 Å². The Morgan fingerprint density at radius 3 is 2.94 bits per heavy atom. The van der Waals surface area contributed by atoms with Crippen molar-refractivity contribution in [1.82, 2.24) is 9.55 Å². The number of rotatable bonds is 4. The molecule has 0 unspecified atom stereocenters. The maximum Gasteiger partial charge on any atom is 0.198 e. The van der Waals surface area contributed by atoms with Gasteiger partial charge in [0.25, 0.3) is 0 Å². The minimum absolute atomic E-state index is 0.0603. The number of ketones is 1. The average Bonchev–Trinajstić information content (AvgIpc) is 2.84. The van der Waals surface area contributed by atoms with Gasteiger partial charge in [0.2, 0.25) is 0 Å². The van der Waals surface area contributed by atoms with Crippen LogP contribution < -0.4 is 0 Å². The lowest BCUT2D eigenvalue weighted by Crippen LogP contribution is -2.03. The van der Waals surface area contributed by atoms with E-state index in [1.54, 1.807) is 18.3 Å². The highest BCUT2D eigenvalue weighted by atomic mass is 35.5. The second-order valence-electron chi connectivity index (χ2n) is 3.48. The van der Waals surface area contributed by atoms with Gasteiger partial charge in [-0.15, -0.1) is 0 Å². The van der Waals surface area contributed by atoms with Crippen LogP contribution in [0.15, 0.2) is 28.9 Å². The molecule has 5 heteroatoms. The standard InChI is InChI=1S/C11H11ClN2O2/c1-14-7-6-13-11(14)5-2-8(15)9-3-4-10(12)16-9/h3-4,6-7H,2,5H2,1H3. The number of carbonyl (C=O) groups is 1. The van der Waals surface area contributed by atoms with E-state index in [4.69, 9.17) is 16.0 Å². The number of aromatic nitrogens is 2. The van der Waals surface area contributed by atoms with E-state index in [0.717, 1.165) is 5.82 Å². The van der Waals surface area contributed by atoms with E-state index in [2.05, 4.69) is 4.98 Å². The zero-order chi connectivity index (χ0) is 11.5. The van der Waals surface area contributed by atoms with Crippen molar-refractivity contribution in [1.29, 1.82) is 0 Å². The van der Waals surface area contributed by atoms with Crippen LogP contribution in [0.2, 0.25) is 5.22 Å². The minimum atomic E-state index is -0.0603. The first kappa shape index (κ1) is 11.0. The predicted octanol–water partition coefficient (Wildman–Crippen LogP) is 2.48. The molecule has 0 aliphatic rings. The van der Waals surface area contributed by atoms with Gasteiger partial charge in [0.1, 0.15) is 5.82 Å². The molecule has 0 atom stereocenters. The van der Waals surface area contributed by atoms with E-state index in [1.807, 2.05) is 17.8 Å². The molecule has 0 radical (unpaired) electrons. The van der Waals surface area contributed by atoms with Gasteiger partial charge in [-0.2, -0.15) is 0 Å². The second kappa shape index (κ2) is 4.53. The summed E-state index contributed by atoms with van der Waals surface area (Å²) in [5.74, 6) is 1.13. The fourth-order valence-corrected chi connectivity index (χ4v) is 1.60. The molecule has 2 heterocycles. The molecular formula is C11H11ClN2O2. The highest BCUT2D eigenvalue weighted by Gasteiger charge is 2.11. The third kappa shape index (κ3) is 2.33. The maximum absolute atomic E-state index is 11.7. The van der Waals surface area contributed by atoms with Crippen LogP contribution in [0.4, 0.5) is 0 Å². The Hall–Kier alpha value is -1.55. The van der Waals surface area contributed by atoms with Crippen molar-refractivity contribution in [3.05, 3.63) is 41.3 Å². The third-order valence-electron chi connectivity index (χ3n) is 2.34. The van der Waals surface area contributed by atoms with Crippen LogP contribution in [0.5, 0.6) is 0 Å². The Kier molecular flexibility index (Phi) is 3.10. The van der Waals surface area contributed by atoms with Crippen LogP contribution in [0.25, 0.3) is 0 Å². The summed E-state index contributed by atoms with van der Waals surface area (Å²) in [5, 5.41) is 0.236. The highest BCUT2D eigenvalue weighted by molar-refractivity contribution is 6.29. The summed E-state index contributed by atoms with van der Waals surface area (Å²) in [5.41, 5.74) is 0. The van der Waals surface area contributed by atoms with E-state index in [-0.39, 0.29) is 11.0 Å². The number of aryl methyl sites for hydroxylation is 2. The number of nitrogens with zero attached hydrogens (tertiary/aromatic N) is 2. The molecule has 0 fully saturated rings. The van der Waals surface area contributed by atoms with Gasteiger partial charge in [-0.1, -0.05) is 0 Å². The zero-order valence-corrected chi connectivity index (χ0v) is 9.57. The summed E-state index contributed by atoms with van der Waals surface area (Å²) in [6.07, 6.45) is 4.53. The van der Waals surface area contributed by atoms with E-state index >= 15 is 0 Å². The summed E-state index contributed by atoms with van der Waals surface area (Å²) in [4.78, 5) is 15.8. The van der Waals surface area contributed by atoms with Crippen molar-refractivity contribution in [2.75, 3.05) is 0 Å². The molecule has 2 aromatic rings. The fraction of sp³-hybridized carbons (Fsp3) is 0.273. The van der Waals surface area contributed by atoms with Crippen LogP contribution >= 0.6 is 11.6 Å². The Morgan fingerprint density at radius 2 is 2.38 bits per heavy atom. The first-order chi connectivity index (χ1) is 7.66. The van der Waals surface area contributed by atoms with Crippen molar-refractivity contribution < 1.29 is 9.21 Å². The molecule has 2 rings (SSSR count). The van der Waals surface area contributed by atoms with Crippen molar-refractivity contribution >= 4 is 17.4 Å². The summed E-state index contributed by atoms with van der Waals surface area (Å²) in [6, 6.07) is 3.15. The Balaban J connectivity index is 1.96. The van der Waals surface area contributed by atoms with E-state index in [9.17, 15) is 4.79 Å². The van der Waals surface area contributed by atoms with Crippen LogP contribution in [-0.2, 0) is 13.5 Å². The lowest BCUT2D eigenvalue weighted by molar-refractivity contribution is 0.0955. The van der Waals surface area contributed by atoms with Gasteiger partial charge in [0.05, 0.1) is 0 Å². The van der Waals surface area contributed by atoms with Crippen LogP contribution in [0.3, 0.4) is 0 Å². The average molecular weight is 239 g/mol. The molecule has 84 valence electrons. The molecule has 0 aliphatic carbocycles. The molecule has 0 saturated carbocycles. The first-order valence-electron chi connectivity index (χ1n) is 4.91. The largest absolute Gasteiger partial charge is 0.442 e. The van der Waals surface area contributed by atoms with Gasteiger partial charge in [0.15, 0.2) is 16.8 Å². The number of hydrogen-bond donors (Lipinski definition) is 0. The van der Waals surface area contributed by atoms with Crippen LogP contribution in [-0.4, -0.2) is 15.3 Å².